The monoisotopic (exact) mass is 677 g/mol. The van der Waals surface area contributed by atoms with Crippen molar-refractivity contribution in [3.63, 3.8) is 0 Å². The number of aryl methyl sites for hydroxylation is 5. The van der Waals surface area contributed by atoms with Crippen molar-refractivity contribution in [3.05, 3.63) is 129 Å². The summed E-state index contributed by atoms with van der Waals surface area (Å²) in [5, 5.41) is 0. The van der Waals surface area contributed by atoms with Crippen molar-refractivity contribution in [2.24, 2.45) is 4.99 Å². The normalized spacial score (nSPS) is 15.9. The van der Waals surface area contributed by atoms with E-state index in [0.29, 0.717) is 12.5 Å². The quantitative estimate of drug-likeness (QED) is 0.186. The molecule has 0 aliphatic carbocycles. The highest BCUT2D eigenvalue weighted by Gasteiger charge is 2.38. The highest BCUT2D eigenvalue weighted by Crippen LogP contribution is 2.53. The van der Waals surface area contributed by atoms with Crippen molar-refractivity contribution in [2.45, 2.75) is 99.5 Å². The molecule has 0 spiro atoms. The Morgan fingerprint density at radius 1 is 0.706 bits per heavy atom. The summed E-state index contributed by atoms with van der Waals surface area (Å²) < 4.78 is 13.1. The van der Waals surface area contributed by atoms with Gasteiger partial charge in [-0.3, -0.25) is 4.90 Å². The molecule has 1 aromatic heterocycles. The van der Waals surface area contributed by atoms with Crippen molar-refractivity contribution in [1.82, 2.24) is 4.98 Å². The zero-order chi connectivity index (χ0) is 36.6. The molecule has 0 radical (unpaired) electrons. The van der Waals surface area contributed by atoms with Gasteiger partial charge in [0.1, 0.15) is 23.9 Å². The first-order valence-corrected chi connectivity index (χ1v) is 18.1. The van der Waals surface area contributed by atoms with Gasteiger partial charge < -0.3 is 9.47 Å². The van der Waals surface area contributed by atoms with Crippen LogP contribution >= 0.6 is 0 Å². The second kappa shape index (κ2) is 12.1. The number of aliphatic imine (C=N–C) groups is 1. The van der Waals surface area contributed by atoms with Crippen LogP contribution in [-0.4, -0.2) is 23.0 Å². The van der Waals surface area contributed by atoms with E-state index in [-0.39, 0.29) is 16.4 Å². The van der Waals surface area contributed by atoms with Crippen LogP contribution in [-0.2, 0) is 15.6 Å². The standard InChI is InChI=1S/C46H51N3O2/c1-27-13-14-38-36(19-27)46(11,12)37-20-29(3)40(25-39(37)49(38)41-24-34(15-16-47-41)44(6,7)8)51-35-22-32(42-30(4)17-28(2)18-31(42)5)21-33(23-35)43-48-45(9,10)26-50-43/h13-25H,26H2,1-12H3. The SMILES string of the molecule is Cc1cc(C)c(-c2cc(Oc3cc4c(cc3C)C(C)(C)c3cc(C)ccc3N4c3cc(C(C)(C)C)ccn3)cc(C3=NC(C)(C)CO3)c2)c(C)c1. The topological polar surface area (TPSA) is 47.0 Å². The number of ether oxygens (including phenoxy) is 2. The van der Waals surface area contributed by atoms with Gasteiger partial charge in [-0.1, -0.05) is 70.0 Å². The Hall–Kier alpha value is -4.90. The van der Waals surface area contributed by atoms with Crippen LogP contribution in [0.2, 0.25) is 0 Å². The van der Waals surface area contributed by atoms with Gasteiger partial charge in [-0.05, 0) is 141 Å². The van der Waals surface area contributed by atoms with Crippen LogP contribution in [0.5, 0.6) is 11.5 Å². The fourth-order valence-corrected chi connectivity index (χ4v) is 7.77. The molecule has 5 heteroatoms. The number of hydrogen-bond acceptors (Lipinski definition) is 5. The zero-order valence-electron chi connectivity index (χ0n) is 32.4. The molecule has 51 heavy (non-hydrogen) atoms. The zero-order valence-corrected chi connectivity index (χ0v) is 32.4. The van der Waals surface area contributed by atoms with Gasteiger partial charge in [0.25, 0.3) is 0 Å². The summed E-state index contributed by atoms with van der Waals surface area (Å²) in [4.78, 5) is 12.2. The number of rotatable bonds is 5. The minimum absolute atomic E-state index is 0.0212. The molecule has 0 fully saturated rings. The third-order valence-electron chi connectivity index (χ3n) is 10.4. The summed E-state index contributed by atoms with van der Waals surface area (Å²) in [5.41, 5.74) is 14.7. The van der Waals surface area contributed by atoms with Crippen LogP contribution in [0.25, 0.3) is 11.1 Å². The molecule has 0 N–H and O–H groups in total. The summed E-state index contributed by atoms with van der Waals surface area (Å²) in [6, 6.07) is 26.5. The number of aromatic nitrogens is 1. The lowest BCUT2D eigenvalue weighted by Crippen LogP contribution is -2.31. The molecule has 0 saturated carbocycles. The van der Waals surface area contributed by atoms with E-state index in [1.165, 1.54) is 44.5 Å². The van der Waals surface area contributed by atoms with Gasteiger partial charge in [0.15, 0.2) is 0 Å². The molecule has 2 aliphatic heterocycles. The fourth-order valence-electron chi connectivity index (χ4n) is 7.77. The highest BCUT2D eigenvalue weighted by molar-refractivity contribution is 5.97. The van der Waals surface area contributed by atoms with Gasteiger partial charge in [-0.25, -0.2) is 9.98 Å². The van der Waals surface area contributed by atoms with Crippen LogP contribution in [0.15, 0.2) is 84.0 Å². The maximum atomic E-state index is 6.97. The molecule has 0 bridgehead atoms. The Kier molecular flexibility index (Phi) is 8.20. The van der Waals surface area contributed by atoms with Crippen molar-refractivity contribution in [2.75, 3.05) is 11.5 Å². The molecule has 2 aliphatic rings. The van der Waals surface area contributed by atoms with E-state index < -0.39 is 0 Å². The Bertz CT molecular complexity index is 2210. The number of hydrogen-bond donors (Lipinski definition) is 0. The van der Waals surface area contributed by atoms with Crippen LogP contribution < -0.4 is 9.64 Å². The van der Waals surface area contributed by atoms with E-state index in [0.717, 1.165) is 45.4 Å². The molecular weight excluding hydrogens is 627 g/mol. The highest BCUT2D eigenvalue weighted by atomic mass is 16.5. The largest absolute Gasteiger partial charge is 0.475 e. The molecule has 0 atom stereocenters. The van der Waals surface area contributed by atoms with Gasteiger partial charge in [0.2, 0.25) is 5.90 Å². The van der Waals surface area contributed by atoms with E-state index in [1.807, 2.05) is 6.20 Å². The van der Waals surface area contributed by atoms with Crippen LogP contribution in [0.4, 0.5) is 17.2 Å². The Morgan fingerprint density at radius 2 is 1.39 bits per heavy atom. The second-order valence-corrected chi connectivity index (χ2v) is 16.9. The average molecular weight is 678 g/mol. The number of fused-ring (bicyclic) bond motifs is 2. The molecular formula is C46H51N3O2. The van der Waals surface area contributed by atoms with E-state index in [1.54, 1.807) is 0 Å². The summed E-state index contributed by atoms with van der Waals surface area (Å²) in [7, 11) is 0. The van der Waals surface area contributed by atoms with Crippen molar-refractivity contribution >= 4 is 23.1 Å². The minimum atomic E-state index is -0.277. The molecule has 0 unspecified atom stereocenters. The van der Waals surface area contributed by atoms with Gasteiger partial charge in [0, 0.05) is 23.2 Å². The maximum Gasteiger partial charge on any atom is 0.216 e. The third kappa shape index (κ3) is 6.32. The second-order valence-electron chi connectivity index (χ2n) is 16.9. The summed E-state index contributed by atoms with van der Waals surface area (Å²) in [6.45, 7) is 27.0. The van der Waals surface area contributed by atoms with Crippen LogP contribution in [0.1, 0.15) is 98.5 Å². The van der Waals surface area contributed by atoms with E-state index in [2.05, 4.69) is 161 Å². The molecule has 0 saturated heterocycles. The molecule has 4 aromatic carbocycles. The van der Waals surface area contributed by atoms with Gasteiger partial charge in [-0.2, -0.15) is 0 Å². The minimum Gasteiger partial charge on any atom is -0.475 e. The van der Waals surface area contributed by atoms with E-state index in [4.69, 9.17) is 19.5 Å². The van der Waals surface area contributed by atoms with Crippen molar-refractivity contribution in [1.29, 1.82) is 0 Å². The molecule has 5 aromatic rings. The van der Waals surface area contributed by atoms with Crippen LogP contribution in [0.3, 0.4) is 0 Å². The first-order chi connectivity index (χ1) is 23.9. The predicted molar refractivity (Wildman–Crippen MR) is 212 cm³/mol. The molecule has 7 rings (SSSR count). The molecule has 262 valence electrons. The number of benzene rings is 4. The molecule has 0 amide bonds. The lowest BCUT2D eigenvalue weighted by atomic mass is 9.72. The Morgan fingerprint density at radius 3 is 2.06 bits per heavy atom. The lowest BCUT2D eigenvalue weighted by Gasteiger charge is -2.42. The number of nitrogens with zero attached hydrogens (tertiary/aromatic N) is 3. The van der Waals surface area contributed by atoms with Crippen molar-refractivity contribution < 1.29 is 9.47 Å². The van der Waals surface area contributed by atoms with Gasteiger partial charge >= 0.3 is 0 Å². The Labute approximate surface area is 304 Å². The third-order valence-corrected chi connectivity index (χ3v) is 10.4. The lowest BCUT2D eigenvalue weighted by molar-refractivity contribution is 0.279. The predicted octanol–water partition coefficient (Wildman–Crippen LogP) is 12.0. The average Bonchev–Trinajstić information content (AvgIpc) is 3.41. The number of anilines is 3. The van der Waals surface area contributed by atoms with E-state index >= 15 is 0 Å². The fraction of sp³-hybridized carbons (Fsp3) is 0.348. The molecule has 3 heterocycles. The summed E-state index contributed by atoms with van der Waals surface area (Å²) in [6.07, 6.45) is 1.94. The smallest absolute Gasteiger partial charge is 0.216 e. The maximum absolute atomic E-state index is 6.97. The first-order valence-electron chi connectivity index (χ1n) is 18.1. The van der Waals surface area contributed by atoms with Gasteiger partial charge in [-0.15, -0.1) is 0 Å². The summed E-state index contributed by atoms with van der Waals surface area (Å²) >= 11 is 0. The van der Waals surface area contributed by atoms with E-state index in [9.17, 15) is 0 Å². The number of pyridine rings is 1. The van der Waals surface area contributed by atoms with Gasteiger partial charge in [0.05, 0.1) is 16.9 Å². The summed E-state index contributed by atoms with van der Waals surface area (Å²) in [5.74, 6) is 3.09. The first kappa shape index (κ1) is 34.5. The van der Waals surface area contributed by atoms with Crippen LogP contribution in [0, 0.1) is 34.6 Å². The molecule has 5 nitrogen and oxygen atoms in total. The Balaban J connectivity index is 1.41. The van der Waals surface area contributed by atoms with Crippen molar-refractivity contribution in [3.8, 4) is 22.6 Å².